The van der Waals surface area contributed by atoms with Crippen LogP contribution in [0.4, 0.5) is 11.4 Å². The van der Waals surface area contributed by atoms with Crippen LogP contribution < -0.4 is 10.2 Å². The first-order chi connectivity index (χ1) is 7.86. The van der Waals surface area contributed by atoms with E-state index in [-0.39, 0.29) is 5.91 Å². The summed E-state index contributed by atoms with van der Waals surface area (Å²) in [5.74, 6) is -0.0664. The third-order valence-electron chi connectivity index (χ3n) is 3.83. The molecule has 90 valence electrons. The first kappa shape index (κ1) is 11.7. The zero-order valence-corrected chi connectivity index (χ0v) is 11.1. The number of nitrogens with zero attached hydrogens (tertiary/aromatic N) is 1. The van der Waals surface area contributed by atoms with Gasteiger partial charge in [0.05, 0.1) is 17.1 Å². The van der Waals surface area contributed by atoms with Crippen LogP contribution >= 0.6 is 0 Å². The summed E-state index contributed by atoms with van der Waals surface area (Å²) >= 11 is 0. The van der Waals surface area contributed by atoms with E-state index in [2.05, 4.69) is 39.6 Å². The van der Waals surface area contributed by atoms with Gasteiger partial charge in [0, 0.05) is 7.05 Å². The molecular weight excluding hydrogens is 212 g/mol. The van der Waals surface area contributed by atoms with Crippen LogP contribution in [-0.4, -0.2) is 13.0 Å². The predicted octanol–water partition coefficient (Wildman–Crippen LogP) is 2.82. The minimum absolute atomic E-state index is 0.0664. The van der Waals surface area contributed by atoms with Crippen molar-refractivity contribution in [2.75, 3.05) is 17.3 Å². The van der Waals surface area contributed by atoms with Crippen molar-refractivity contribution in [1.82, 2.24) is 0 Å². The second kappa shape index (κ2) is 3.62. The molecule has 1 amide bonds. The fourth-order valence-corrected chi connectivity index (χ4v) is 2.37. The Balaban J connectivity index is 2.81. The molecule has 0 aromatic heterocycles. The van der Waals surface area contributed by atoms with Crippen molar-refractivity contribution in [1.29, 1.82) is 0 Å². The van der Waals surface area contributed by atoms with E-state index < -0.39 is 0 Å². The summed E-state index contributed by atoms with van der Waals surface area (Å²) in [6.07, 6.45) is 0. The SMILES string of the molecule is C=C1Nc2c(C)c(C)c(C)c(C)c2N(C)C1=O. The van der Waals surface area contributed by atoms with Crippen molar-refractivity contribution in [3.05, 3.63) is 34.5 Å². The predicted molar refractivity (Wildman–Crippen MR) is 71.6 cm³/mol. The number of fused-ring (bicyclic) bond motifs is 1. The molecule has 17 heavy (non-hydrogen) atoms. The van der Waals surface area contributed by atoms with Crippen molar-refractivity contribution >= 4 is 17.3 Å². The van der Waals surface area contributed by atoms with Gasteiger partial charge in [-0.05, 0) is 49.9 Å². The number of rotatable bonds is 0. The molecule has 1 aromatic rings. The largest absolute Gasteiger partial charge is 0.350 e. The molecule has 3 nitrogen and oxygen atoms in total. The maximum absolute atomic E-state index is 11.9. The zero-order chi connectivity index (χ0) is 12.9. The van der Waals surface area contributed by atoms with Crippen LogP contribution in [0.3, 0.4) is 0 Å². The standard InChI is InChI=1S/C14H18N2O/c1-7-8(2)10(4)13-12(9(7)3)15-11(5)14(17)16(13)6/h15H,5H2,1-4,6H3. The Hall–Kier alpha value is -1.77. The highest BCUT2D eigenvalue weighted by molar-refractivity contribution is 6.13. The molecule has 2 rings (SSSR count). The van der Waals surface area contributed by atoms with E-state index >= 15 is 0 Å². The molecule has 0 saturated heterocycles. The normalized spacial score (nSPS) is 14.8. The van der Waals surface area contributed by atoms with Crippen LogP contribution in [0.5, 0.6) is 0 Å². The summed E-state index contributed by atoms with van der Waals surface area (Å²) in [7, 11) is 1.80. The van der Waals surface area contributed by atoms with E-state index in [9.17, 15) is 4.79 Å². The second-order valence-corrected chi connectivity index (χ2v) is 4.69. The first-order valence-electron chi connectivity index (χ1n) is 5.70. The Kier molecular flexibility index (Phi) is 2.49. The molecule has 0 bridgehead atoms. The monoisotopic (exact) mass is 230 g/mol. The summed E-state index contributed by atoms with van der Waals surface area (Å²) < 4.78 is 0. The number of anilines is 2. The van der Waals surface area contributed by atoms with E-state index in [0.717, 1.165) is 16.9 Å². The van der Waals surface area contributed by atoms with Gasteiger partial charge in [-0.2, -0.15) is 0 Å². The lowest BCUT2D eigenvalue weighted by molar-refractivity contribution is -0.114. The molecule has 0 spiro atoms. The highest BCUT2D eigenvalue weighted by Gasteiger charge is 2.28. The Bertz CT molecular complexity index is 544. The molecule has 1 aliphatic heterocycles. The molecule has 0 saturated carbocycles. The van der Waals surface area contributed by atoms with Gasteiger partial charge in [0.2, 0.25) is 0 Å². The van der Waals surface area contributed by atoms with Crippen LogP contribution in [0.25, 0.3) is 0 Å². The van der Waals surface area contributed by atoms with Crippen molar-refractivity contribution in [3.8, 4) is 0 Å². The number of carbonyl (C=O) groups is 1. The lowest BCUT2D eigenvalue weighted by Crippen LogP contribution is -2.36. The van der Waals surface area contributed by atoms with E-state index in [4.69, 9.17) is 0 Å². The topological polar surface area (TPSA) is 32.3 Å². The third kappa shape index (κ3) is 1.46. The Labute approximate surface area is 102 Å². The van der Waals surface area contributed by atoms with Gasteiger partial charge in [0.1, 0.15) is 0 Å². The van der Waals surface area contributed by atoms with E-state index in [0.29, 0.717) is 5.70 Å². The van der Waals surface area contributed by atoms with Gasteiger partial charge in [0.25, 0.3) is 5.91 Å². The number of benzene rings is 1. The van der Waals surface area contributed by atoms with Crippen LogP contribution in [0.1, 0.15) is 22.3 Å². The fraction of sp³-hybridized carbons (Fsp3) is 0.357. The third-order valence-corrected chi connectivity index (χ3v) is 3.83. The van der Waals surface area contributed by atoms with Crippen LogP contribution in [0, 0.1) is 27.7 Å². The van der Waals surface area contributed by atoms with E-state index in [1.165, 1.54) is 16.7 Å². The number of carbonyl (C=O) groups excluding carboxylic acids is 1. The molecule has 0 unspecified atom stereocenters. The van der Waals surface area contributed by atoms with Crippen LogP contribution in [0.15, 0.2) is 12.3 Å². The minimum atomic E-state index is -0.0664. The number of amides is 1. The van der Waals surface area contributed by atoms with Gasteiger partial charge in [0.15, 0.2) is 0 Å². The Morgan fingerprint density at radius 2 is 1.53 bits per heavy atom. The Morgan fingerprint density at radius 1 is 1.00 bits per heavy atom. The molecule has 1 heterocycles. The van der Waals surface area contributed by atoms with E-state index in [1.54, 1.807) is 11.9 Å². The van der Waals surface area contributed by atoms with Gasteiger partial charge in [-0.25, -0.2) is 0 Å². The first-order valence-corrected chi connectivity index (χ1v) is 5.70. The Morgan fingerprint density at radius 3 is 2.12 bits per heavy atom. The fourth-order valence-electron chi connectivity index (χ4n) is 2.37. The van der Waals surface area contributed by atoms with Crippen LogP contribution in [0.2, 0.25) is 0 Å². The molecule has 0 radical (unpaired) electrons. The molecule has 0 fully saturated rings. The molecular formula is C14H18N2O. The summed E-state index contributed by atoms with van der Waals surface area (Å²) in [5, 5.41) is 3.13. The molecule has 0 aliphatic carbocycles. The summed E-state index contributed by atoms with van der Waals surface area (Å²) in [6.45, 7) is 12.1. The number of nitrogens with one attached hydrogen (secondary N) is 1. The maximum atomic E-state index is 11.9. The molecule has 3 heteroatoms. The lowest BCUT2D eigenvalue weighted by Gasteiger charge is -2.32. The van der Waals surface area contributed by atoms with Gasteiger partial charge < -0.3 is 10.2 Å². The van der Waals surface area contributed by atoms with Gasteiger partial charge >= 0.3 is 0 Å². The summed E-state index contributed by atoms with van der Waals surface area (Å²) in [5.41, 5.74) is 7.27. The molecule has 1 aliphatic rings. The minimum Gasteiger partial charge on any atom is -0.350 e. The lowest BCUT2D eigenvalue weighted by atomic mass is 9.93. The van der Waals surface area contributed by atoms with Crippen molar-refractivity contribution in [2.45, 2.75) is 27.7 Å². The summed E-state index contributed by atoms with van der Waals surface area (Å²) in [6, 6.07) is 0. The maximum Gasteiger partial charge on any atom is 0.273 e. The van der Waals surface area contributed by atoms with Crippen LogP contribution in [-0.2, 0) is 4.79 Å². The van der Waals surface area contributed by atoms with Crippen molar-refractivity contribution in [2.24, 2.45) is 0 Å². The zero-order valence-electron chi connectivity index (χ0n) is 11.1. The molecule has 1 aromatic carbocycles. The number of hydrogen-bond acceptors (Lipinski definition) is 2. The second-order valence-electron chi connectivity index (χ2n) is 4.69. The van der Waals surface area contributed by atoms with Gasteiger partial charge in [-0.3, -0.25) is 4.79 Å². The highest BCUT2D eigenvalue weighted by atomic mass is 16.2. The van der Waals surface area contributed by atoms with Crippen molar-refractivity contribution in [3.63, 3.8) is 0 Å². The average molecular weight is 230 g/mol. The van der Waals surface area contributed by atoms with Crippen molar-refractivity contribution < 1.29 is 4.79 Å². The quantitative estimate of drug-likeness (QED) is 0.695. The summed E-state index contributed by atoms with van der Waals surface area (Å²) in [4.78, 5) is 13.6. The molecule has 1 N–H and O–H groups in total. The van der Waals surface area contributed by atoms with E-state index in [1.807, 2.05) is 0 Å². The van der Waals surface area contributed by atoms with Gasteiger partial charge in [-0.1, -0.05) is 6.58 Å². The highest BCUT2D eigenvalue weighted by Crippen LogP contribution is 2.40. The molecule has 0 atom stereocenters. The average Bonchev–Trinajstić information content (AvgIpc) is 2.30. The van der Waals surface area contributed by atoms with Gasteiger partial charge in [-0.15, -0.1) is 0 Å². The number of likely N-dealkylation sites (N-methyl/N-ethyl adjacent to an activating group) is 1. The smallest absolute Gasteiger partial charge is 0.273 e. The number of hydrogen-bond donors (Lipinski definition) is 1.